The number of rotatable bonds is 6. The highest BCUT2D eigenvalue weighted by atomic mass is 16.5. The van der Waals surface area contributed by atoms with E-state index in [9.17, 15) is 9.59 Å². The summed E-state index contributed by atoms with van der Waals surface area (Å²) in [5.74, 6) is 1.17. The molecule has 3 N–H and O–H groups in total. The van der Waals surface area contributed by atoms with E-state index in [1.807, 2.05) is 45.0 Å². The zero-order valence-corrected chi connectivity index (χ0v) is 22.4. The molecule has 1 aromatic carbocycles. The third-order valence-electron chi connectivity index (χ3n) is 7.92. The van der Waals surface area contributed by atoms with Gasteiger partial charge < -0.3 is 15.8 Å². The van der Waals surface area contributed by atoms with Crippen LogP contribution in [0.25, 0.3) is 0 Å². The molecule has 7 heteroatoms. The highest BCUT2D eigenvalue weighted by Crippen LogP contribution is 2.59. The average molecular weight is 495 g/mol. The van der Waals surface area contributed by atoms with Crippen LogP contribution in [-0.2, 0) is 9.59 Å². The van der Waals surface area contributed by atoms with Crippen LogP contribution in [0.4, 0.5) is 0 Å². The Bertz CT molecular complexity index is 997. The number of amides is 2. The van der Waals surface area contributed by atoms with Crippen LogP contribution in [0.15, 0.2) is 41.9 Å². The van der Waals surface area contributed by atoms with Crippen LogP contribution in [0, 0.1) is 30.1 Å². The molecule has 2 aliphatic heterocycles. The molecule has 2 heterocycles. The molecule has 36 heavy (non-hydrogen) atoms. The van der Waals surface area contributed by atoms with Crippen molar-refractivity contribution in [2.45, 2.75) is 71.9 Å². The van der Waals surface area contributed by atoms with E-state index in [0.717, 1.165) is 30.6 Å². The van der Waals surface area contributed by atoms with Crippen molar-refractivity contribution in [2.24, 2.45) is 28.0 Å². The van der Waals surface area contributed by atoms with E-state index >= 15 is 0 Å². The number of aliphatic imine (C=N–C) groups is 1. The second-order valence-corrected chi connectivity index (χ2v) is 9.97. The van der Waals surface area contributed by atoms with Gasteiger partial charge in [-0.1, -0.05) is 52.0 Å². The number of terminal acetylenes is 1. The van der Waals surface area contributed by atoms with Gasteiger partial charge in [-0.15, -0.1) is 19.4 Å². The van der Waals surface area contributed by atoms with Gasteiger partial charge >= 0.3 is 0 Å². The van der Waals surface area contributed by atoms with Crippen molar-refractivity contribution in [3.05, 3.63) is 42.5 Å². The molecule has 1 aromatic rings. The van der Waals surface area contributed by atoms with Crippen molar-refractivity contribution in [1.82, 2.24) is 10.2 Å². The first kappa shape index (κ1) is 29.0. The number of carbonyl (C=O) groups is 2. The van der Waals surface area contributed by atoms with Crippen molar-refractivity contribution >= 4 is 17.8 Å². The molecule has 1 fully saturated rings. The minimum Gasteiger partial charge on any atom is -0.493 e. The molecule has 4 rings (SSSR count). The fraction of sp³-hybridized carbons (Fsp3) is 0.552. The Kier molecular flexibility index (Phi) is 9.75. The number of hydrogen-bond donors (Lipinski definition) is 2. The molecule has 7 nitrogen and oxygen atoms in total. The minimum atomic E-state index is -0.388. The van der Waals surface area contributed by atoms with Crippen LogP contribution in [0.5, 0.6) is 5.75 Å². The van der Waals surface area contributed by atoms with Crippen LogP contribution >= 0.6 is 0 Å². The molecule has 196 valence electrons. The number of benzene rings is 1. The Hall–Kier alpha value is -3.27. The summed E-state index contributed by atoms with van der Waals surface area (Å²) >= 11 is 0. The van der Waals surface area contributed by atoms with Gasteiger partial charge in [0.05, 0.1) is 24.6 Å². The number of allylic oxidation sites excluding steroid dienone is 1. The van der Waals surface area contributed by atoms with Crippen molar-refractivity contribution < 1.29 is 14.3 Å². The number of guanidine groups is 1. The van der Waals surface area contributed by atoms with Crippen LogP contribution in [0.1, 0.15) is 71.9 Å². The predicted molar refractivity (Wildman–Crippen MR) is 145 cm³/mol. The molecule has 1 saturated carbocycles. The van der Waals surface area contributed by atoms with Gasteiger partial charge in [-0.25, -0.2) is 4.99 Å². The molecular weight excluding hydrogens is 452 g/mol. The van der Waals surface area contributed by atoms with E-state index in [1.165, 1.54) is 0 Å². The second kappa shape index (κ2) is 12.1. The van der Waals surface area contributed by atoms with Gasteiger partial charge in [0.25, 0.3) is 0 Å². The molecule has 2 unspecified atom stereocenters. The maximum Gasteiger partial charge on any atom is 0.231 e. The first-order valence-electron chi connectivity index (χ1n) is 12.7. The molecule has 4 atom stereocenters. The maximum absolute atomic E-state index is 13.2. The molecule has 0 bridgehead atoms. The lowest BCUT2D eigenvalue weighted by atomic mass is 9.87. The van der Waals surface area contributed by atoms with E-state index in [-0.39, 0.29) is 46.6 Å². The lowest BCUT2D eigenvalue weighted by Gasteiger charge is -2.37. The summed E-state index contributed by atoms with van der Waals surface area (Å²) in [6, 6.07) is 7.80. The van der Waals surface area contributed by atoms with Gasteiger partial charge in [-0.05, 0) is 31.7 Å². The van der Waals surface area contributed by atoms with Crippen LogP contribution < -0.4 is 15.8 Å². The number of nitrogens with one attached hydrogen (secondary N) is 1. The van der Waals surface area contributed by atoms with Crippen LogP contribution in [0.3, 0.4) is 0 Å². The van der Waals surface area contributed by atoms with Crippen LogP contribution in [0.2, 0.25) is 0 Å². The standard InChI is InChI=1S/C24H34N4O3.C3H6.C2H2/c1-5-24(6-2)13-19(29)28(22(25)27-24)14-23(4)15(3)20(23)21(30)26-17-11-12-31-18-10-8-7-9-16(17)18;1-3-2;1-2/h7-10,15,17,20H,5-6,11-14H2,1-4H3,(H2,25,27)(H,26,30);3H,1H2,2H3;1-2H/t15?,17-,20?,23-;;/m0../s1. The normalized spacial score (nSPS) is 27.4. The number of fused-ring (bicyclic) bond motifs is 1. The van der Waals surface area contributed by atoms with Crippen molar-refractivity contribution in [2.75, 3.05) is 13.2 Å². The molecule has 2 amide bonds. The zero-order chi connectivity index (χ0) is 27.1. The topological polar surface area (TPSA) is 97.0 Å². The SMILES string of the molecule is C#C.C=CC.CCC1(CC)CC(=O)N(C[C@@]2(C)C(C)C2C(=O)N[C@H]2CCOc3ccccc32)C(N)=N1. The number of nitrogens with zero attached hydrogens (tertiary/aromatic N) is 2. The minimum absolute atomic E-state index is 0.00837. The first-order chi connectivity index (χ1) is 17.2. The van der Waals surface area contributed by atoms with E-state index in [4.69, 9.17) is 15.5 Å². The third-order valence-corrected chi connectivity index (χ3v) is 7.92. The van der Waals surface area contributed by atoms with E-state index < -0.39 is 0 Å². The predicted octanol–water partition coefficient (Wildman–Crippen LogP) is 4.45. The zero-order valence-electron chi connectivity index (χ0n) is 22.4. The molecule has 0 aromatic heterocycles. The van der Waals surface area contributed by atoms with Gasteiger partial charge in [-0.3, -0.25) is 14.5 Å². The summed E-state index contributed by atoms with van der Waals surface area (Å²) in [5, 5.41) is 3.23. The fourth-order valence-corrected chi connectivity index (χ4v) is 5.33. The first-order valence-corrected chi connectivity index (χ1v) is 12.7. The van der Waals surface area contributed by atoms with E-state index in [2.05, 4.69) is 38.6 Å². The molecular formula is C29H42N4O3. The number of ether oxygens (including phenoxy) is 1. The van der Waals surface area contributed by atoms with Crippen molar-refractivity contribution in [1.29, 1.82) is 0 Å². The monoisotopic (exact) mass is 494 g/mol. The Labute approximate surface area is 216 Å². The Morgan fingerprint density at radius 1 is 1.33 bits per heavy atom. The smallest absolute Gasteiger partial charge is 0.231 e. The lowest BCUT2D eigenvalue weighted by Crippen LogP contribution is -2.53. The maximum atomic E-state index is 13.2. The lowest BCUT2D eigenvalue weighted by molar-refractivity contribution is -0.131. The van der Waals surface area contributed by atoms with Crippen LogP contribution in [-0.4, -0.2) is 41.4 Å². The number of para-hydroxylation sites is 1. The Balaban J connectivity index is 0.000000850. The number of carbonyl (C=O) groups excluding carboxylic acids is 2. The summed E-state index contributed by atoms with van der Waals surface area (Å²) in [5.41, 5.74) is 6.56. The summed E-state index contributed by atoms with van der Waals surface area (Å²) in [4.78, 5) is 32.4. The van der Waals surface area contributed by atoms with E-state index in [0.29, 0.717) is 19.6 Å². The molecule has 0 spiro atoms. The number of hydrogen-bond acceptors (Lipinski definition) is 5. The van der Waals surface area contributed by atoms with Gasteiger partial charge in [-0.2, -0.15) is 0 Å². The highest BCUT2D eigenvalue weighted by molar-refractivity contribution is 5.99. The third kappa shape index (κ3) is 5.75. The Morgan fingerprint density at radius 3 is 2.53 bits per heavy atom. The van der Waals surface area contributed by atoms with E-state index in [1.54, 1.807) is 11.0 Å². The molecule has 1 aliphatic carbocycles. The fourth-order valence-electron chi connectivity index (χ4n) is 5.33. The average Bonchev–Trinajstić information content (AvgIpc) is 3.42. The molecule has 0 saturated heterocycles. The van der Waals surface area contributed by atoms with Crippen molar-refractivity contribution in [3.8, 4) is 18.6 Å². The Morgan fingerprint density at radius 2 is 1.94 bits per heavy atom. The van der Waals surface area contributed by atoms with Gasteiger partial charge in [0.1, 0.15) is 5.75 Å². The van der Waals surface area contributed by atoms with Gasteiger partial charge in [0, 0.05) is 29.9 Å². The van der Waals surface area contributed by atoms with Crippen molar-refractivity contribution in [3.63, 3.8) is 0 Å². The number of nitrogens with two attached hydrogens (primary N) is 1. The largest absolute Gasteiger partial charge is 0.493 e. The quantitative estimate of drug-likeness (QED) is 0.451. The summed E-state index contributed by atoms with van der Waals surface area (Å²) < 4.78 is 5.71. The molecule has 0 radical (unpaired) electrons. The second-order valence-electron chi connectivity index (χ2n) is 9.97. The highest BCUT2D eigenvalue weighted by Gasteiger charge is 2.63. The van der Waals surface area contributed by atoms with Gasteiger partial charge in [0.2, 0.25) is 11.8 Å². The summed E-state index contributed by atoms with van der Waals surface area (Å²) in [7, 11) is 0. The van der Waals surface area contributed by atoms with Gasteiger partial charge in [0.15, 0.2) is 5.96 Å². The molecule has 3 aliphatic rings. The summed E-state index contributed by atoms with van der Waals surface area (Å²) in [6.07, 6.45) is 12.5. The summed E-state index contributed by atoms with van der Waals surface area (Å²) in [6.45, 7) is 14.5.